The topological polar surface area (TPSA) is 46.3 Å². The maximum absolute atomic E-state index is 11.3. The van der Waals surface area contributed by atoms with Crippen molar-refractivity contribution in [1.82, 2.24) is 10.1 Å². The molecule has 0 aromatic carbocycles. The molecule has 1 aliphatic rings. The number of nitrogens with zero attached hydrogens (tertiary/aromatic N) is 2. The van der Waals surface area contributed by atoms with Gasteiger partial charge in [-0.3, -0.25) is 9.69 Å². The van der Waals surface area contributed by atoms with Crippen molar-refractivity contribution in [2.75, 3.05) is 6.54 Å². The quantitative estimate of drug-likeness (QED) is 0.805. The second-order valence-electron chi connectivity index (χ2n) is 4.91. The normalized spacial score (nSPS) is 22.3. The van der Waals surface area contributed by atoms with Crippen LogP contribution in [0, 0.1) is 0 Å². The Balaban J connectivity index is 2.00. The molecule has 1 saturated heterocycles. The van der Waals surface area contributed by atoms with E-state index in [0.29, 0.717) is 12.5 Å². The molecule has 4 heteroatoms. The maximum Gasteiger partial charge on any atom is 0.131 e. The highest BCUT2D eigenvalue weighted by molar-refractivity contribution is 5.76. The molecule has 94 valence electrons. The zero-order valence-electron chi connectivity index (χ0n) is 10.4. The lowest BCUT2D eigenvalue weighted by atomic mass is 10.0. The number of likely N-dealkylation sites (tertiary alicyclic amines) is 1. The minimum Gasteiger partial charge on any atom is -0.364 e. The van der Waals surface area contributed by atoms with Crippen molar-refractivity contribution >= 4 is 5.78 Å². The van der Waals surface area contributed by atoms with Gasteiger partial charge in [-0.05, 0) is 26.3 Å². The number of rotatable bonds is 4. The molecule has 2 heterocycles. The number of hydrogen-bond acceptors (Lipinski definition) is 4. The molecule has 0 amide bonds. The molecule has 2 rings (SSSR count). The molecule has 1 aromatic heterocycles. The molecule has 4 nitrogen and oxygen atoms in total. The minimum atomic E-state index is 0.284. The summed E-state index contributed by atoms with van der Waals surface area (Å²) in [6.45, 7) is 3.60. The lowest BCUT2D eigenvalue weighted by molar-refractivity contribution is -0.118. The standard InChI is InChI=1S/C13H20N2O2/c1-11(16)7-13-5-3-2-4-6-15(13)9-12-8-14-17-10-12/h8,10,13H,2-7,9H2,1H3. The molecular formula is C13H20N2O2. The van der Waals surface area contributed by atoms with Gasteiger partial charge in [0.2, 0.25) is 0 Å². The molecule has 1 aromatic rings. The van der Waals surface area contributed by atoms with Crippen LogP contribution < -0.4 is 0 Å². The first kappa shape index (κ1) is 12.3. The summed E-state index contributed by atoms with van der Waals surface area (Å²) < 4.78 is 4.86. The molecule has 0 saturated carbocycles. The summed E-state index contributed by atoms with van der Waals surface area (Å²) in [6, 6.07) is 0.393. The smallest absolute Gasteiger partial charge is 0.131 e. The van der Waals surface area contributed by atoms with Crippen molar-refractivity contribution in [2.45, 2.75) is 51.6 Å². The van der Waals surface area contributed by atoms with E-state index in [1.807, 2.05) is 0 Å². The van der Waals surface area contributed by atoms with Crippen LogP contribution in [0.4, 0.5) is 0 Å². The van der Waals surface area contributed by atoms with Gasteiger partial charge in [-0.1, -0.05) is 18.0 Å². The van der Waals surface area contributed by atoms with Gasteiger partial charge in [-0.25, -0.2) is 0 Å². The van der Waals surface area contributed by atoms with Crippen LogP contribution in [0.3, 0.4) is 0 Å². The molecule has 0 radical (unpaired) electrons. The Morgan fingerprint density at radius 3 is 3.12 bits per heavy atom. The highest BCUT2D eigenvalue weighted by atomic mass is 16.5. The average Bonchev–Trinajstić information content (AvgIpc) is 2.69. The first-order valence-electron chi connectivity index (χ1n) is 6.37. The summed E-state index contributed by atoms with van der Waals surface area (Å²) >= 11 is 0. The summed E-state index contributed by atoms with van der Waals surface area (Å²) in [5.41, 5.74) is 1.10. The van der Waals surface area contributed by atoms with E-state index in [9.17, 15) is 4.79 Å². The van der Waals surface area contributed by atoms with E-state index >= 15 is 0 Å². The molecule has 0 N–H and O–H groups in total. The predicted molar refractivity (Wildman–Crippen MR) is 64.5 cm³/mol. The number of hydrogen-bond donors (Lipinski definition) is 0. The molecule has 1 unspecified atom stereocenters. The maximum atomic E-state index is 11.3. The van der Waals surface area contributed by atoms with Crippen molar-refractivity contribution in [3.05, 3.63) is 18.0 Å². The minimum absolute atomic E-state index is 0.284. The zero-order valence-corrected chi connectivity index (χ0v) is 10.4. The average molecular weight is 236 g/mol. The lowest BCUT2D eigenvalue weighted by Gasteiger charge is -2.28. The Bertz CT molecular complexity index is 348. The third-order valence-corrected chi connectivity index (χ3v) is 3.39. The molecular weight excluding hydrogens is 216 g/mol. The first-order valence-corrected chi connectivity index (χ1v) is 6.37. The molecule has 1 atom stereocenters. The van der Waals surface area contributed by atoms with Gasteiger partial charge >= 0.3 is 0 Å². The van der Waals surface area contributed by atoms with Gasteiger partial charge in [0, 0.05) is 24.6 Å². The second kappa shape index (κ2) is 5.96. The van der Waals surface area contributed by atoms with Gasteiger partial charge in [-0.2, -0.15) is 0 Å². The van der Waals surface area contributed by atoms with Crippen LogP contribution in [-0.4, -0.2) is 28.4 Å². The Morgan fingerprint density at radius 1 is 1.53 bits per heavy atom. The van der Waals surface area contributed by atoms with E-state index in [-0.39, 0.29) is 5.78 Å². The Hall–Kier alpha value is -1.16. The SMILES string of the molecule is CC(=O)CC1CCCCCN1Cc1cnoc1. The molecule has 0 bridgehead atoms. The van der Waals surface area contributed by atoms with E-state index < -0.39 is 0 Å². The zero-order chi connectivity index (χ0) is 12.1. The van der Waals surface area contributed by atoms with Crippen molar-refractivity contribution in [2.24, 2.45) is 0 Å². The Morgan fingerprint density at radius 2 is 2.41 bits per heavy atom. The fourth-order valence-electron chi connectivity index (χ4n) is 2.55. The van der Waals surface area contributed by atoms with E-state index in [1.54, 1.807) is 19.4 Å². The highest BCUT2D eigenvalue weighted by Crippen LogP contribution is 2.21. The summed E-state index contributed by atoms with van der Waals surface area (Å²) in [7, 11) is 0. The number of carbonyl (C=O) groups is 1. The number of Topliss-reactive ketones (excluding diaryl/α,β-unsaturated/α-hetero) is 1. The summed E-state index contributed by atoms with van der Waals surface area (Å²) in [5, 5.41) is 3.73. The van der Waals surface area contributed by atoms with Gasteiger partial charge in [0.1, 0.15) is 12.0 Å². The van der Waals surface area contributed by atoms with Gasteiger partial charge in [0.25, 0.3) is 0 Å². The van der Waals surface area contributed by atoms with Crippen LogP contribution in [0.15, 0.2) is 17.0 Å². The Kier molecular flexibility index (Phi) is 4.31. The lowest BCUT2D eigenvalue weighted by Crippen LogP contribution is -2.35. The second-order valence-corrected chi connectivity index (χ2v) is 4.91. The van der Waals surface area contributed by atoms with Gasteiger partial charge in [-0.15, -0.1) is 0 Å². The first-order chi connectivity index (χ1) is 8.25. The van der Waals surface area contributed by atoms with Gasteiger partial charge in [0.15, 0.2) is 0 Å². The number of carbonyl (C=O) groups excluding carboxylic acids is 1. The van der Waals surface area contributed by atoms with Crippen LogP contribution in [0.2, 0.25) is 0 Å². The fourth-order valence-corrected chi connectivity index (χ4v) is 2.55. The van der Waals surface area contributed by atoms with Crippen molar-refractivity contribution in [1.29, 1.82) is 0 Å². The van der Waals surface area contributed by atoms with Crippen LogP contribution >= 0.6 is 0 Å². The summed E-state index contributed by atoms with van der Waals surface area (Å²) in [4.78, 5) is 13.7. The third kappa shape index (κ3) is 3.66. The van der Waals surface area contributed by atoms with E-state index in [4.69, 9.17) is 4.52 Å². The molecule has 17 heavy (non-hydrogen) atoms. The van der Waals surface area contributed by atoms with Crippen LogP contribution in [0.1, 0.15) is 44.6 Å². The third-order valence-electron chi connectivity index (χ3n) is 3.39. The van der Waals surface area contributed by atoms with Crippen molar-refractivity contribution < 1.29 is 9.32 Å². The molecule has 0 spiro atoms. The Labute approximate surface area is 102 Å². The summed E-state index contributed by atoms with van der Waals surface area (Å²) in [6.07, 6.45) is 8.98. The number of aromatic nitrogens is 1. The molecule has 0 aliphatic carbocycles. The molecule has 1 aliphatic heterocycles. The van der Waals surface area contributed by atoms with Crippen LogP contribution in [-0.2, 0) is 11.3 Å². The van der Waals surface area contributed by atoms with Crippen LogP contribution in [0.5, 0.6) is 0 Å². The van der Waals surface area contributed by atoms with Gasteiger partial charge < -0.3 is 4.52 Å². The summed E-state index contributed by atoms with van der Waals surface area (Å²) in [5.74, 6) is 0.284. The van der Waals surface area contributed by atoms with Crippen LogP contribution in [0.25, 0.3) is 0 Å². The predicted octanol–water partition coefficient (Wildman–Crippen LogP) is 2.40. The highest BCUT2D eigenvalue weighted by Gasteiger charge is 2.22. The number of ketones is 1. The fraction of sp³-hybridized carbons (Fsp3) is 0.692. The van der Waals surface area contributed by atoms with E-state index in [2.05, 4.69) is 10.1 Å². The van der Waals surface area contributed by atoms with E-state index in [0.717, 1.165) is 25.1 Å². The van der Waals surface area contributed by atoms with Crippen molar-refractivity contribution in [3.8, 4) is 0 Å². The monoisotopic (exact) mass is 236 g/mol. The molecule has 1 fully saturated rings. The van der Waals surface area contributed by atoms with Gasteiger partial charge in [0.05, 0.1) is 6.20 Å². The van der Waals surface area contributed by atoms with E-state index in [1.165, 1.54) is 19.3 Å². The van der Waals surface area contributed by atoms with Crippen molar-refractivity contribution in [3.63, 3.8) is 0 Å². The largest absolute Gasteiger partial charge is 0.364 e.